The number of rotatable bonds is 12. The van der Waals surface area contributed by atoms with Crippen molar-refractivity contribution in [3.63, 3.8) is 0 Å². The maximum absolute atomic E-state index is 11.4. The molecule has 0 spiro atoms. The van der Waals surface area contributed by atoms with Gasteiger partial charge in [0, 0.05) is 0 Å². The average molecular weight is 481 g/mol. The van der Waals surface area contributed by atoms with Gasteiger partial charge >= 0.3 is 5.97 Å². The number of unbranched alkanes of at least 4 members (excludes halogenated alkanes) is 4. The smallest absolute Gasteiger partial charge is 0.305 e. The number of carboxylic acid groups (broad SMARTS) is 1. The second kappa shape index (κ2) is 13.3. The molecule has 194 valence electrons. The van der Waals surface area contributed by atoms with E-state index >= 15 is 0 Å². The Kier molecular flexibility index (Phi) is 11.4. The predicted octanol–water partition coefficient (Wildman–Crippen LogP) is -0.114. The summed E-state index contributed by atoms with van der Waals surface area (Å²) in [5.74, 6) is -1.05. The maximum Gasteiger partial charge on any atom is 0.305 e. The van der Waals surface area contributed by atoms with Gasteiger partial charge in [-0.05, 0) is 20.3 Å². The first-order valence-electron chi connectivity index (χ1n) is 11.8. The van der Waals surface area contributed by atoms with Crippen molar-refractivity contribution in [2.24, 2.45) is 0 Å². The minimum Gasteiger partial charge on any atom is -0.481 e. The number of ether oxygens (including phenoxy) is 4. The fourth-order valence-electron chi connectivity index (χ4n) is 4.12. The van der Waals surface area contributed by atoms with Gasteiger partial charge in [0.2, 0.25) is 0 Å². The van der Waals surface area contributed by atoms with Gasteiger partial charge in [0.15, 0.2) is 12.6 Å². The lowest BCUT2D eigenvalue weighted by Crippen LogP contribution is -2.63. The third-order valence-electron chi connectivity index (χ3n) is 6.24. The van der Waals surface area contributed by atoms with Crippen molar-refractivity contribution in [2.75, 3.05) is 0 Å². The first-order chi connectivity index (χ1) is 15.6. The first-order valence-corrected chi connectivity index (χ1v) is 11.8. The van der Waals surface area contributed by atoms with Gasteiger partial charge in [0.25, 0.3) is 0 Å². The fraction of sp³-hybridized carbons (Fsp3) is 0.955. The molecule has 0 bridgehead atoms. The lowest BCUT2D eigenvalue weighted by molar-refractivity contribution is -0.366. The molecule has 0 aromatic heterocycles. The summed E-state index contributed by atoms with van der Waals surface area (Å²) in [5, 5.41) is 60.4. The lowest BCUT2D eigenvalue weighted by Gasteiger charge is -2.46. The summed E-state index contributed by atoms with van der Waals surface area (Å²) in [7, 11) is 0. The molecule has 0 aromatic rings. The van der Waals surface area contributed by atoms with Crippen LogP contribution in [0, 0.1) is 0 Å². The molecule has 2 rings (SSSR count). The van der Waals surface area contributed by atoms with E-state index in [1.165, 1.54) is 13.8 Å². The Balaban J connectivity index is 2.11. The minimum absolute atomic E-state index is 0.280. The maximum atomic E-state index is 11.4. The zero-order valence-electron chi connectivity index (χ0n) is 19.5. The van der Waals surface area contributed by atoms with Gasteiger partial charge in [-0.15, -0.1) is 0 Å². The van der Waals surface area contributed by atoms with Gasteiger partial charge in [-0.25, -0.2) is 0 Å². The Morgan fingerprint density at radius 1 is 0.818 bits per heavy atom. The molecule has 0 aromatic carbocycles. The van der Waals surface area contributed by atoms with Crippen LogP contribution in [-0.4, -0.2) is 104 Å². The van der Waals surface area contributed by atoms with E-state index in [1.54, 1.807) is 0 Å². The molecule has 0 saturated carbocycles. The number of hydrogen-bond acceptors (Lipinski definition) is 10. The Bertz CT molecular complexity index is 591. The summed E-state index contributed by atoms with van der Waals surface area (Å²) in [6, 6.07) is 0. The number of hydrogen-bond donors (Lipinski definition) is 6. The second-order valence-electron chi connectivity index (χ2n) is 9.03. The number of carbonyl (C=O) groups is 1. The van der Waals surface area contributed by atoms with Gasteiger partial charge in [0.1, 0.15) is 36.6 Å². The molecular formula is C22H40O11. The van der Waals surface area contributed by atoms with Crippen LogP contribution < -0.4 is 0 Å². The molecule has 2 heterocycles. The van der Waals surface area contributed by atoms with Crippen LogP contribution in [-0.2, 0) is 23.7 Å². The van der Waals surface area contributed by atoms with E-state index in [0.717, 1.165) is 32.1 Å². The van der Waals surface area contributed by atoms with Crippen LogP contribution in [0.4, 0.5) is 0 Å². The van der Waals surface area contributed by atoms with E-state index in [1.807, 2.05) is 0 Å². The van der Waals surface area contributed by atoms with Crippen molar-refractivity contribution in [3.05, 3.63) is 0 Å². The molecule has 7 unspecified atom stereocenters. The summed E-state index contributed by atoms with van der Waals surface area (Å²) in [6.45, 7) is 5.12. The highest BCUT2D eigenvalue weighted by Gasteiger charge is 2.50. The van der Waals surface area contributed by atoms with E-state index < -0.39 is 73.5 Å². The molecule has 0 aliphatic carbocycles. The van der Waals surface area contributed by atoms with Crippen molar-refractivity contribution in [3.8, 4) is 0 Å². The molecule has 2 fully saturated rings. The molecule has 11 nitrogen and oxygen atoms in total. The highest BCUT2D eigenvalue weighted by atomic mass is 16.8. The fourth-order valence-corrected chi connectivity index (χ4v) is 4.12. The standard InChI is InChI=1S/C22H40O11/c1-4-5-6-7-8-9-13(10-14(23)24)32-22-20(18(28)16(26)12(3)31-22)33-21-19(29)17(27)15(25)11(2)30-21/h11-13,15-22,25-29H,4-10H2,1-3H3,(H,23,24)/t11?,12?,13?,15-,16-,17?,18?,19-,20-,21?,22?/m0/s1. The minimum atomic E-state index is -1.63. The van der Waals surface area contributed by atoms with Crippen LogP contribution in [0.5, 0.6) is 0 Å². The van der Waals surface area contributed by atoms with Crippen molar-refractivity contribution in [1.29, 1.82) is 0 Å². The molecule has 2 aliphatic heterocycles. The van der Waals surface area contributed by atoms with Crippen LogP contribution in [0.25, 0.3) is 0 Å². The van der Waals surface area contributed by atoms with Crippen LogP contribution in [0.2, 0.25) is 0 Å². The summed E-state index contributed by atoms with van der Waals surface area (Å²) < 4.78 is 22.7. The molecule has 33 heavy (non-hydrogen) atoms. The second-order valence-corrected chi connectivity index (χ2v) is 9.03. The molecular weight excluding hydrogens is 440 g/mol. The molecule has 2 aliphatic rings. The van der Waals surface area contributed by atoms with Crippen molar-refractivity contribution < 1.29 is 54.4 Å². The predicted molar refractivity (Wildman–Crippen MR) is 114 cm³/mol. The van der Waals surface area contributed by atoms with E-state index in [9.17, 15) is 35.4 Å². The normalized spacial score (nSPS) is 40.5. The molecule has 6 N–H and O–H groups in total. The van der Waals surface area contributed by atoms with Gasteiger partial charge in [-0.1, -0.05) is 39.0 Å². The third kappa shape index (κ3) is 7.81. The first kappa shape index (κ1) is 28.3. The quantitative estimate of drug-likeness (QED) is 0.205. The van der Waals surface area contributed by atoms with Gasteiger partial charge in [-0.3, -0.25) is 4.79 Å². The SMILES string of the molecule is CCCCCCCC(CC(=O)O)OC1OC(C)[C@H](O)C(O)[C@@H]1OC1OC(C)[C@H](O)C(O)[C@@H]1O. The number of carboxylic acids is 1. The number of aliphatic hydroxyl groups is 5. The van der Waals surface area contributed by atoms with Gasteiger partial charge in [-0.2, -0.15) is 0 Å². The highest BCUT2D eigenvalue weighted by Crippen LogP contribution is 2.31. The largest absolute Gasteiger partial charge is 0.481 e. The summed E-state index contributed by atoms with van der Waals surface area (Å²) >= 11 is 0. The average Bonchev–Trinajstić information content (AvgIpc) is 2.76. The zero-order valence-corrected chi connectivity index (χ0v) is 19.5. The van der Waals surface area contributed by atoms with E-state index in [2.05, 4.69) is 6.92 Å². The van der Waals surface area contributed by atoms with E-state index in [0.29, 0.717) is 6.42 Å². The molecule has 0 radical (unpaired) electrons. The Labute approximate surface area is 194 Å². The summed E-state index contributed by atoms with van der Waals surface area (Å²) in [4.78, 5) is 11.4. The van der Waals surface area contributed by atoms with Gasteiger partial charge in [0.05, 0.1) is 24.7 Å². The van der Waals surface area contributed by atoms with Crippen molar-refractivity contribution >= 4 is 5.97 Å². The number of aliphatic carboxylic acids is 1. The molecule has 11 atom stereocenters. The van der Waals surface area contributed by atoms with Crippen LogP contribution in [0.15, 0.2) is 0 Å². The van der Waals surface area contributed by atoms with E-state index in [4.69, 9.17) is 18.9 Å². The summed E-state index contributed by atoms with van der Waals surface area (Å²) in [6.07, 6.45) is -8.75. The van der Waals surface area contributed by atoms with Crippen LogP contribution in [0.1, 0.15) is 65.7 Å². The van der Waals surface area contributed by atoms with E-state index in [-0.39, 0.29) is 6.42 Å². The molecule has 2 saturated heterocycles. The van der Waals surface area contributed by atoms with Crippen molar-refractivity contribution in [1.82, 2.24) is 0 Å². The topological polar surface area (TPSA) is 175 Å². The highest BCUT2D eigenvalue weighted by molar-refractivity contribution is 5.67. The Hall–Kier alpha value is -0.890. The summed E-state index contributed by atoms with van der Waals surface area (Å²) in [5.41, 5.74) is 0. The van der Waals surface area contributed by atoms with Crippen molar-refractivity contribution in [2.45, 2.75) is 133 Å². The zero-order chi connectivity index (χ0) is 24.7. The van der Waals surface area contributed by atoms with Gasteiger partial charge < -0.3 is 49.6 Å². The molecule has 0 amide bonds. The Morgan fingerprint density at radius 3 is 2.00 bits per heavy atom. The third-order valence-corrected chi connectivity index (χ3v) is 6.24. The number of aliphatic hydroxyl groups excluding tert-OH is 5. The lowest BCUT2D eigenvalue weighted by atomic mass is 9.97. The van der Waals surface area contributed by atoms with Crippen LogP contribution >= 0.6 is 0 Å². The molecule has 11 heteroatoms. The Morgan fingerprint density at radius 2 is 1.39 bits per heavy atom. The monoisotopic (exact) mass is 480 g/mol. The van der Waals surface area contributed by atoms with Crippen LogP contribution in [0.3, 0.4) is 0 Å².